The molecule has 0 saturated carbocycles. The van der Waals surface area contributed by atoms with Crippen molar-refractivity contribution < 1.29 is 47.7 Å². The number of pyridine rings is 1. The summed E-state index contributed by atoms with van der Waals surface area (Å²) in [5, 5.41) is 2.56. The van der Waals surface area contributed by atoms with E-state index in [2.05, 4.69) is 26.4 Å². The molecule has 0 aliphatic rings. The summed E-state index contributed by atoms with van der Waals surface area (Å²) < 4.78 is 24.2. The van der Waals surface area contributed by atoms with E-state index in [0.29, 0.717) is 11.1 Å². The number of nitrogens with zero attached hydrogens (tertiary/aromatic N) is 1. The molecule has 0 saturated heterocycles. The fourth-order valence-electron chi connectivity index (χ4n) is 2.83. The Balaban J connectivity index is 0.00000110. The van der Waals surface area contributed by atoms with Crippen molar-refractivity contribution in [2.24, 2.45) is 5.92 Å². The van der Waals surface area contributed by atoms with E-state index in [1.54, 1.807) is 54.5 Å². The molecule has 0 bridgehead atoms. The third-order valence-electron chi connectivity index (χ3n) is 4.29. The normalized spacial score (nSPS) is 10.4. The van der Waals surface area contributed by atoms with Crippen LogP contribution in [-0.2, 0) is 49.3 Å². The lowest BCUT2D eigenvalue weighted by molar-refractivity contribution is -0.161. The van der Waals surface area contributed by atoms with E-state index >= 15 is 0 Å². The Morgan fingerprint density at radius 3 is 1.79 bits per heavy atom. The Kier molecular flexibility index (Phi) is 16.5. The lowest BCUT2D eigenvalue weighted by Crippen LogP contribution is -2.30. The highest BCUT2D eigenvalue weighted by atomic mass is 16.6. The van der Waals surface area contributed by atoms with E-state index in [0.717, 1.165) is 0 Å². The lowest BCUT2D eigenvalue weighted by atomic mass is 9.99. The lowest BCUT2D eigenvalue weighted by Gasteiger charge is -2.20. The van der Waals surface area contributed by atoms with Crippen LogP contribution in [0.15, 0.2) is 18.8 Å². The van der Waals surface area contributed by atoms with Gasteiger partial charge in [0.2, 0.25) is 0 Å². The van der Waals surface area contributed by atoms with E-state index in [9.17, 15) is 24.0 Å². The quantitative estimate of drug-likeness (QED) is 0.228. The molecular formula is C27H40N2O10. The van der Waals surface area contributed by atoms with Gasteiger partial charge in [-0.25, -0.2) is 9.78 Å². The van der Waals surface area contributed by atoms with Crippen LogP contribution < -0.4 is 5.32 Å². The Labute approximate surface area is 229 Å². The zero-order chi connectivity index (χ0) is 30.0. The zero-order valence-electron chi connectivity index (χ0n) is 23.8. The van der Waals surface area contributed by atoms with Gasteiger partial charge in [-0.1, -0.05) is 12.7 Å². The SMILES string of the molecule is C=Cc1cc(CC(C(=O)OCC)C(=O)OCC)cnc1NC(=O)OC(C)(C)C.CCOC(=O)CC(=O)OCC. The van der Waals surface area contributed by atoms with E-state index in [1.807, 2.05) is 0 Å². The van der Waals surface area contributed by atoms with Crippen molar-refractivity contribution in [1.29, 1.82) is 0 Å². The molecule has 1 rings (SSSR count). The maximum absolute atomic E-state index is 12.1. The molecule has 0 aromatic carbocycles. The zero-order valence-corrected chi connectivity index (χ0v) is 23.8. The van der Waals surface area contributed by atoms with Gasteiger partial charge >= 0.3 is 30.0 Å². The Bertz CT molecular complexity index is 951. The monoisotopic (exact) mass is 552 g/mol. The van der Waals surface area contributed by atoms with Crippen molar-refractivity contribution in [3.63, 3.8) is 0 Å². The van der Waals surface area contributed by atoms with Crippen LogP contribution in [0.3, 0.4) is 0 Å². The number of carbonyl (C=O) groups excluding carboxylic acids is 5. The number of rotatable bonds is 12. The summed E-state index contributed by atoms with van der Waals surface area (Å²) in [6, 6.07) is 1.68. The number of carbonyl (C=O) groups is 5. The molecule has 0 aliphatic carbocycles. The van der Waals surface area contributed by atoms with Crippen LogP contribution >= 0.6 is 0 Å². The molecule has 1 N–H and O–H groups in total. The number of aromatic nitrogens is 1. The molecule has 1 aromatic heterocycles. The molecule has 0 atom stereocenters. The smallest absolute Gasteiger partial charge is 0.413 e. The van der Waals surface area contributed by atoms with Crippen LogP contribution in [-0.4, -0.2) is 67.0 Å². The summed E-state index contributed by atoms with van der Waals surface area (Å²) in [7, 11) is 0. The number of anilines is 1. The molecule has 0 aliphatic heterocycles. The molecule has 1 heterocycles. The van der Waals surface area contributed by atoms with Gasteiger partial charge in [0.1, 0.15) is 17.8 Å². The molecule has 0 unspecified atom stereocenters. The van der Waals surface area contributed by atoms with Crippen molar-refractivity contribution in [2.45, 2.75) is 66.9 Å². The number of esters is 4. The third kappa shape index (κ3) is 15.1. The fraction of sp³-hybridized carbons (Fsp3) is 0.556. The highest BCUT2D eigenvalue weighted by molar-refractivity contribution is 5.95. The first-order valence-electron chi connectivity index (χ1n) is 12.6. The van der Waals surface area contributed by atoms with Crippen molar-refractivity contribution in [2.75, 3.05) is 31.7 Å². The van der Waals surface area contributed by atoms with Gasteiger partial charge in [0, 0.05) is 11.8 Å². The van der Waals surface area contributed by atoms with Gasteiger partial charge in [-0.2, -0.15) is 0 Å². The number of hydrogen-bond acceptors (Lipinski definition) is 11. The molecular weight excluding hydrogens is 512 g/mol. The second-order valence-corrected chi connectivity index (χ2v) is 8.66. The highest BCUT2D eigenvalue weighted by Gasteiger charge is 2.30. The first kappa shape index (κ1) is 35.0. The van der Waals surface area contributed by atoms with Crippen molar-refractivity contribution in [3.8, 4) is 0 Å². The van der Waals surface area contributed by atoms with E-state index in [-0.39, 0.29) is 45.1 Å². The predicted octanol–water partition coefficient (Wildman–Crippen LogP) is 3.86. The molecule has 218 valence electrons. The van der Waals surface area contributed by atoms with E-state index in [4.69, 9.17) is 14.2 Å². The molecule has 1 amide bonds. The van der Waals surface area contributed by atoms with Gasteiger partial charge in [-0.15, -0.1) is 0 Å². The summed E-state index contributed by atoms with van der Waals surface area (Å²) in [6.07, 6.45) is 2.09. The van der Waals surface area contributed by atoms with Gasteiger partial charge < -0.3 is 23.7 Å². The van der Waals surface area contributed by atoms with E-state index in [1.165, 1.54) is 12.3 Å². The van der Waals surface area contributed by atoms with Crippen LogP contribution in [0.4, 0.5) is 10.6 Å². The Morgan fingerprint density at radius 1 is 0.897 bits per heavy atom. The standard InChI is InChI=1S/C20H28N2O6.C7H12O4/c1-7-14-10-13(11-15(17(23)26-8-2)18(24)27-9-3)12-21-16(14)22-19(25)28-20(4,5)6;1-3-10-6(8)5-7(9)11-4-2/h7,10,12,15H,1,8-9,11H2,2-6H3,(H,21,22,25);3-5H2,1-2H3. The minimum atomic E-state index is -1.09. The molecule has 0 spiro atoms. The third-order valence-corrected chi connectivity index (χ3v) is 4.29. The van der Waals surface area contributed by atoms with Crippen LogP contribution in [0.5, 0.6) is 0 Å². The van der Waals surface area contributed by atoms with Gasteiger partial charge in [-0.05, 0) is 66.5 Å². The van der Waals surface area contributed by atoms with Gasteiger partial charge in [0.05, 0.1) is 26.4 Å². The summed E-state index contributed by atoms with van der Waals surface area (Å²) in [5.41, 5.74) is 0.468. The second-order valence-electron chi connectivity index (χ2n) is 8.66. The molecule has 1 aromatic rings. The first-order valence-corrected chi connectivity index (χ1v) is 12.6. The number of nitrogens with one attached hydrogen (secondary N) is 1. The summed E-state index contributed by atoms with van der Waals surface area (Å²) in [5.74, 6) is -3.22. The number of amides is 1. The fourth-order valence-corrected chi connectivity index (χ4v) is 2.83. The van der Waals surface area contributed by atoms with Crippen LogP contribution in [0, 0.1) is 5.92 Å². The first-order chi connectivity index (χ1) is 18.3. The molecule has 0 fully saturated rings. The van der Waals surface area contributed by atoms with Crippen LogP contribution in [0.1, 0.15) is 66.0 Å². The van der Waals surface area contributed by atoms with Crippen molar-refractivity contribution in [3.05, 3.63) is 30.0 Å². The number of ether oxygens (including phenoxy) is 5. The maximum atomic E-state index is 12.1. The predicted molar refractivity (Wildman–Crippen MR) is 143 cm³/mol. The Hall–Kier alpha value is -3.96. The summed E-state index contributed by atoms with van der Waals surface area (Å²) in [4.78, 5) is 61.6. The highest BCUT2D eigenvalue weighted by Crippen LogP contribution is 2.20. The van der Waals surface area contributed by atoms with Gasteiger partial charge in [0.15, 0.2) is 5.92 Å². The van der Waals surface area contributed by atoms with Crippen LogP contribution in [0.2, 0.25) is 0 Å². The molecule has 39 heavy (non-hydrogen) atoms. The van der Waals surface area contributed by atoms with Crippen molar-refractivity contribution >= 4 is 41.9 Å². The average Bonchev–Trinajstić information content (AvgIpc) is 2.83. The molecule has 12 heteroatoms. The minimum Gasteiger partial charge on any atom is -0.466 e. The molecule has 12 nitrogen and oxygen atoms in total. The van der Waals surface area contributed by atoms with Crippen LogP contribution in [0.25, 0.3) is 6.08 Å². The number of hydrogen-bond donors (Lipinski definition) is 1. The van der Waals surface area contributed by atoms with Gasteiger partial charge in [0.25, 0.3) is 0 Å². The average molecular weight is 553 g/mol. The minimum absolute atomic E-state index is 0.0538. The Morgan fingerprint density at radius 2 is 1.38 bits per heavy atom. The van der Waals surface area contributed by atoms with Crippen molar-refractivity contribution in [1.82, 2.24) is 4.98 Å². The van der Waals surface area contributed by atoms with E-state index < -0.39 is 41.5 Å². The summed E-state index contributed by atoms with van der Waals surface area (Å²) in [6.45, 7) is 16.5. The maximum Gasteiger partial charge on any atom is 0.413 e. The van der Waals surface area contributed by atoms with Gasteiger partial charge in [-0.3, -0.25) is 24.5 Å². The second kappa shape index (κ2) is 18.3. The molecule has 0 radical (unpaired) electrons. The largest absolute Gasteiger partial charge is 0.466 e. The topological polar surface area (TPSA) is 156 Å². The summed E-state index contributed by atoms with van der Waals surface area (Å²) >= 11 is 0.